The number of methoxy groups -OCH3 is 1. The van der Waals surface area contributed by atoms with E-state index in [2.05, 4.69) is 0 Å². The molecule has 2 rings (SSSR count). The van der Waals surface area contributed by atoms with Crippen LogP contribution < -0.4 is 5.73 Å². The van der Waals surface area contributed by atoms with E-state index in [1.807, 2.05) is 72.8 Å². The summed E-state index contributed by atoms with van der Waals surface area (Å²) in [4.78, 5) is 11.9. The Kier molecular flexibility index (Phi) is 6.84. The van der Waals surface area contributed by atoms with Crippen LogP contribution in [0.5, 0.6) is 0 Å². The minimum atomic E-state index is -0.288. The van der Waals surface area contributed by atoms with E-state index in [0.29, 0.717) is 12.0 Å². The van der Waals surface area contributed by atoms with Gasteiger partial charge in [-0.2, -0.15) is 0 Å². The first-order valence-corrected chi connectivity index (χ1v) is 8.04. The van der Waals surface area contributed by atoms with Crippen LogP contribution in [0.25, 0.3) is 12.2 Å². The molecule has 0 saturated heterocycles. The minimum Gasteiger partial charge on any atom is -0.466 e. The third kappa shape index (κ3) is 5.76. The van der Waals surface area contributed by atoms with Gasteiger partial charge in [-0.25, -0.2) is 4.79 Å². The van der Waals surface area contributed by atoms with Crippen molar-refractivity contribution in [3.63, 3.8) is 0 Å². The van der Waals surface area contributed by atoms with E-state index >= 15 is 0 Å². The summed E-state index contributed by atoms with van der Waals surface area (Å²) in [5.41, 5.74) is 9.63. The van der Waals surface area contributed by atoms with Crippen molar-refractivity contribution in [2.75, 3.05) is 7.11 Å². The van der Waals surface area contributed by atoms with Crippen LogP contribution in [0.4, 0.5) is 0 Å². The Morgan fingerprint density at radius 1 is 0.917 bits per heavy atom. The SMILES string of the molecule is COC(=O)C(=Cc1ccccc1)CCCC(N)=Cc1ccccc1. The van der Waals surface area contributed by atoms with Crippen molar-refractivity contribution in [1.29, 1.82) is 0 Å². The second-order valence-electron chi connectivity index (χ2n) is 5.56. The van der Waals surface area contributed by atoms with Crippen molar-refractivity contribution in [3.05, 3.63) is 83.1 Å². The maximum absolute atomic E-state index is 11.9. The van der Waals surface area contributed by atoms with Crippen LogP contribution in [-0.4, -0.2) is 13.1 Å². The topological polar surface area (TPSA) is 52.3 Å². The van der Waals surface area contributed by atoms with Crippen LogP contribution >= 0.6 is 0 Å². The number of nitrogens with two attached hydrogens (primary N) is 1. The molecule has 2 N–H and O–H groups in total. The molecular formula is C21H23NO2. The highest BCUT2D eigenvalue weighted by Crippen LogP contribution is 2.16. The quantitative estimate of drug-likeness (QED) is 0.607. The van der Waals surface area contributed by atoms with Gasteiger partial charge in [0, 0.05) is 11.3 Å². The average molecular weight is 321 g/mol. The molecule has 0 bridgehead atoms. The molecule has 0 aliphatic rings. The minimum absolute atomic E-state index is 0.288. The molecule has 0 aromatic heterocycles. The molecule has 0 fully saturated rings. The van der Waals surface area contributed by atoms with E-state index in [0.717, 1.165) is 29.7 Å². The van der Waals surface area contributed by atoms with E-state index in [9.17, 15) is 4.79 Å². The zero-order valence-electron chi connectivity index (χ0n) is 13.9. The summed E-state index contributed by atoms with van der Waals surface area (Å²) in [5, 5.41) is 0. The summed E-state index contributed by atoms with van der Waals surface area (Å²) in [6.45, 7) is 0. The third-order valence-corrected chi connectivity index (χ3v) is 3.65. The average Bonchev–Trinajstić information content (AvgIpc) is 2.62. The number of rotatable bonds is 7. The molecule has 0 atom stereocenters. The second kappa shape index (κ2) is 9.36. The Labute approximate surface area is 143 Å². The van der Waals surface area contributed by atoms with Gasteiger partial charge in [0.1, 0.15) is 0 Å². The van der Waals surface area contributed by atoms with E-state index in [4.69, 9.17) is 10.5 Å². The number of benzene rings is 2. The first-order chi connectivity index (χ1) is 11.7. The maximum atomic E-state index is 11.9. The molecule has 0 unspecified atom stereocenters. The fourth-order valence-electron chi connectivity index (χ4n) is 2.43. The van der Waals surface area contributed by atoms with Gasteiger partial charge >= 0.3 is 5.97 Å². The second-order valence-corrected chi connectivity index (χ2v) is 5.56. The molecule has 0 aliphatic heterocycles. The summed E-state index contributed by atoms with van der Waals surface area (Å²) in [6.07, 6.45) is 6.01. The molecule has 0 heterocycles. The maximum Gasteiger partial charge on any atom is 0.333 e. The summed E-state index contributed by atoms with van der Waals surface area (Å²) in [6, 6.07) is 19.7. The zero-order valence-corrected chi connectivity index (χ0v) is 13.9. The van der Waals surface area contributed by atoms with Gasteiger partial charge in [0.15, 0.2) is 0 Å². The highest BCUT2D eigenvalue weighted by Gasteiger charge is 2.09. The van der Waals surface area contributed by atoms with E-state index < -0.39 is 0 Å². The van der Waals surface area contributed by atoms with Crippen LogP contribution in [0, 0.1) is 0 Å². The van der Waals surface area contributed by atoms with E-state index in [-0.39, 0.29) is 5.97 Å². The number of esters is 1. The third-order valence-electron chi connectivity index (χ3n) is 3.65. The highest BCUT2D eigenvalue weighted by molar-refractivity contribution is 5.93. The number of ether oxygens (including phenoxy) is 1. The number of allylic oxidation sites excluding steroid dienone is 1. The summed E-state index contributed by atoms with van der Waals surface area (Å²) in [5.74, 6) is -0.288. The molecule has 124 valence electrons. The molecule has 2 aromatic rings. The molecule has 24 heavy (non-hydrogen) atoms. The van der Waals surface area contributed by atoms with Crippen molar-refractivity contribution in [3.8, 4) is 0 Å². The largest absolute Gasteiger partial charge is 0.466 e. The molecule has 0 aliphatic carbocycles. The van der Waals surface area contributed by atoms with Crippen molar-refractivity contribution in [1.82, 2.24) is 0 Å². The Morgan fingerprint density at radius 2 is 1.46 bits per heavy atom. The highest BCUT2D eigenvalue weighted by atomic mass is 16.5. The van der Waals surface area contributed by atoms with Crippen molar-refractivity contribution < 1.29 is 9.53 Å². The Balaban J connectivity index is 1.97. The predicted molar refractivity (Wildman–Crippen MR) is 98.9 cm³/mol. The van der Waals surface area contributed by atoms with Gasteiger partial charge in [0.05, 0.1) is 7.11 Å². The van der Waals surface area contributed by atoms with Gasteiger partial charge in [-0.3, -0.25) is 0 Å². The van der Waals surface area contributed by atoms with Gasteiger partial charge in [-0.1, -0.05) is 60.7 Å². The lowest BCUT2D eigenvalue weighted by Crippen LogP contribution is -2.06. The van der Waals surface area contributed by atoms with Crippen LogP contribution in [0.15, 0.2) is 71.9 Å². The Morgan fingerprint density at radius 3 is 2.00 bits per heavy atom. The molecular weight excluding hydrogens is 298 g/mol. The van der Waals surface area contributed by atoms with Crippen LogP contribution in [-0.2, 0) is 9.53 Å². The standard InChI is InChI=1S/C21H23NO2/c1-24-21(23)19(15-17-9-4-2-5-10-17)13-8-14-20(22)16-18-11-6-3-7-12-18/h2-7,9-12,15-16H,8,13-14,22H2,1H3. The zero-order chi connectivity index (χ0) is 17.2. The molecule has 0 saturated carbocycles. The molecule has 0 spiro atoms. The lowest BCUT2D eigenvalue weighted by Gasteiger charge is -2.07. The summed E-state index contributed by atoms with van der Waals surface area (Å²) >= 11 is 0. The van der Waals surface area contributed by atoms with Crippen molar-refractivity contribution in [2.45, 2.75) is 19.3 Å². The van der Waals surface area contributed by atoms with Crippen LogP contribution in [0.2, 0.25) is 0 Å². The smallest absolute Gasteiger partial charge is 0.333 e. The van der Waals surface area contributed by atoms with Gasteiger partial charge in [-0.15, -0.1) is 0 Å². The van der Waals surface area contributed by atoms with Gasteiger partial charge < -0.3 is 10.5 Å². The number of carbonyl (C=O) groups excluding carboxylic acids is 1. The Hall–Kier alpha value is -2.81. The first kappa shape index (κ1) is 17.5. The van der Waals surface area contributed by atoms with Crippen LogP contribution in [0.1, 0.15) is 30.4 Å². The number of hydrogen-bond acceptors (Lipinski definition) is 3. The molecule has 0 radical (unpaired) electrons. The first-order valence-electron chi connectivity index (χ1n) is 8.04. The summed E-state index contributed by atoms with van der Waals surface area (Å²) in [7, 11) is 1.41. The van der Waals surface area contributed by atoms with Gasteiger partial charge in [0.2, 0.25) is 0 Å². The normalized spacial score (nSPS) is 12.0. The van der Waals surface area contributed by atoms with E-state index in [1.165, 1.54) is 7.11 Å². The number of hydrogen-bond donors (Lipinski definition) is 1. The number of carbonyl (C=O) groups is 1. The molecule has 2 aromatic carbocycles. The van der Waals surface area contributed by atoms with Gasteiger partial charge in [0.25, 0.3) is 0 Å². The van der Waals surface area contributed by atoms with Crippen molar-refractivity contribution >= 4 is 18.1 Å². The lowest BCUT2D eigenvalue weighted by molar-refractivity contribution is -0.136. The Bertz CT molecular complexity index is 703. The monoisotopic (exact) mass is 321 g/mol. The fourth-order valence-corrected chi connectivity index (χ4v) is 2.43. The van der Waals surface area contributed by atoms with Crippen molar-refractivity contribution in [2.24, 2.45) is 5.73 Å². The van der Waals surface area contributed by atoms with Gasteiger partial charge in [-0.05, 0) is 42.5 Å². The lowest BCUT2D eigenvalue weighted by atomic mass is 10.0. The van der Waals surface area contributed by atoms with Crippen LogP contribution in [0.3, 0.4) is 0 Å². The summed E-state index contributed by atoms with van der Waals surface area (Å²) < 4.78 is 4.88. The molecule has 3 nitrogen and oxygen atoms in total. The molecule has 0 amide bonds. The predicted octanol–water partition coefficient (Wildman–Crippen LogP) is 4.41. The fraction of sp³-hybridized carbons (Fsp3) is 0.190. The van der Waals surface area contributed by atoms with E-state index in [1.54, 1.807) is 0 Å². The molecule has 3 heteroatoms.